The van der Waals surface area contributed by atoms with Crippen molar-refractivity contribution in [3.63, 3.8) is 0 Å². The van der Waals surface area contributed by atoms with Crippen LogP contribution in [0.4, 0.5) is 0 Å². The van der Waals surface area contributed by atoms with E-state index in [0.717, 1.165) is 6.42 Å². The van der Waals surface area contributed by atoms with E-state index in [1.807, 2.05) is 0 Å². The predicted molar refractivity (Wildman–Crippen MR) is 58.1 cm³/mol. The Morgan fingerprint density at radius 2 is 1.77 bits per heavy atom. The first kappa shape index (κ1) is 12.9. The van der Waals surface area contributed by atoms with E-state index in [1.54, 1.807) is 7.11 Å². The van der Waals surface area contributed by atoms with Crippen molar-refractivity contribution >= 4 is 0 Å². The summed E-state index contributed by atoms with van der Waals surface area (Å²) in [6.07, 6.45) is 2.23. The van der Waals surface area contributed by atoms with Gasteiger partial charge >= 0.3 is 0 Å². The lowest BCUT2D eigenvalue weighted by Crippen LogP contribution is -2.39. The zero-order chi connectivity index (χ0) is 10.5. The van der Waals surface area contributed by atoms with Gasteiger partial charge in [0, 0.05) is 19.2 Å². The Morgan fingerprint density at radius 1 is 1.23 bits per heavy atom. The van der Waals surface area contributed by atoms with Crippen LogP contribution in [0.5, 0.6) is 0 Å². The summed E-state index contributed by atoms with van der Waals surface area (Å²) in [5.41, 5.74) is -0.0140. The molecule has 2 nitrogen and oxygen atoms in total. The molecule has 0 amide bonds. The average molecular weight is 187 g/mol. The van der Waals surface area contributed by atoms with Gasteiger partial charge < -0.3 is 10.1 Å². The molecule has 0 bridgehead atoms. The number of methoxy groups -OCH3 is 1. The minimum Gasteiger partial charge on any atom is -0.379 e. The molecular weight excluding hydrogens is 162 g/mol. The maximum Gasteiger partial charge on any atom is 0.0637 e. The van der Waals surface area contributed by atoms with Gasteiger partial charge in [0.15, 0.2) is 0 Å². The van der Waals surface area contributed by atoms with Crippen LogP contribution in [0, 0.1) is 0 Å². The largest absolute Gasteiger partial charge is 0.379 e. The summed E-state index contributed by atoms with van der Waals surface area (Å²) in [5.74, 6) is 0. The SMILES string of the molecule is CCC(C)NC(C)CC(C)(C)OC. The monoisotopic (exact) mass is 187 g/mol. The highest BCUT2D eigenvalue weighted by Crippen LogP contribution is 2.15. The molecule has 0 saturated carbocycles. The second kappa shape index (κ2) is 5.61. The van der Waals surface area contributed by atoms with E-state index in [0.29, 0.717) is 12.1 Å². The molecule has 0 aromatic rings. The summed E-state index contributed by atoms with van der Waals surface area (Å²) in [4.78, 5) is 0. The maximum atomic E-state index is 5.38. The Hall–Kier alpha value is -0.0800. The summed E-state index contributed by atoms with van der Waals surface area (Å²) < 4.78 is 5.38. The van der Waals surface area contributed by atoms with Gasteiger partial charge in [-0.1, -0.05) is 6.92 Å². The zero-order valence-electron chi connectivity index (χ0n) is 9.98. The fourth-order valence-corrected chi connectivity index (χ4v) is 1.48. The van der Waals surface area contributed by atoms with Crippen molar-refractivity contribution < 1.29 is 4.74 Å². The van der Waals surface area contributed by atoms with Gasteiger partial charge in [0.1, 0.15) is 0 Å². The lowest BCUT2D eigenvalue weighted by Gasteiger charge is -2.28. The molecule has 80 valence electrons. The molecule has 0 rings (SSSR count). The Kier molecular flexibility index (Phi) is 5.57. The van der Waals surface area contributed by atoms with Crippen LogP contribution < -0.4 is 5.32 Å². The van der Waals surface area contributed by atoms with E-state index >= 15 is 0 Å². The van der Waals surface area contributed by atoms with Crippen molar-refractivity contribution in [3.8, 4) is 0 Å². The fraction of sp³-hybridized carbons (Fsp3) is 1.00. The van der Waals surface area contributed by atoms with Gasteiger partial charge in [-0.3, -0.25) is 0 Å². The third kappa shape index (κ3) is 6.05. The Balaban J connectivity index is 3.79. The lowest BCUT2D eigenvalue weighted by atomic mass is 9.99. The summed E-state index contributed by atoms with van der Waals surface area (Å²) in [7, 11) is 1.77. The molecule has 0 spiro atoms. The molecule has 0 fully saturated rings. The van der Waals surface area contributed by atoms with Gasteiger partial charge in [-0.15, -0.1) is 0 Å². The number of rotatable bonds is 6. The van der Waals surface area contributed by atoms with Gasteiger partial charge in [0.2, 0.25) is 0 Å². The second-order valence-corrected chi connectivity index (χ2v) is 4.54. The highest BCUT2D eigenvalue weighted by atomic mass is 16.5. The van der Waals surface area contributed by atoms with E-state index in [9.17, 15) is 0 Å². The molecule has 0 saturated heterocycles. The third-order valence-corrected chi connectivity index (χ3v) is 2.53. The van der Waals surface area contributed by atoms with Crippen molar-refractivity contribution in [2.24, 2.45) is 0 Å². The molecule has 0 heterocycles. The number of ether oxygens (including phenoxy) is 1. The lowest BCUT2D eigenvalue weighted by molar-refractivity contribution is 0.00782. The maximum absolute atomic E-state index is 5.38. The standard InChI is InChI=1S/C11H25NO/c1-7-9(2)12-10(3)8-11(4,5)13-6/h9-10,12H,7-8H2,1-6H3. The molecule has 0 aliphatic heterocycles. The molecule has 13 heavy (non-hydrogen) atoms. The molecular formula is C11H25NO. The first-order chi connectivity index (χ1) is 5.91. The van der Waals surface area contributed by atoms with E-state index < -0.39 is 0 Å². The topological polar surface area (TPSA) is 21.3 Å². The Labute approximate surface area is 83.1 Å². The minimum absolute atomic E-state index is 0.0140. The molecule has 0 aliphatic carbocycles. The predicted octanol–water partition coefficient (Wildman–Crippen LogP) is 2.58. The molecule has 0 aliphatic rings. The Morgan fingerprint density at radius 3 is 2.15 bits per heavy atom. The number of hydrogen-bond donors (Lipinski definition) is 1. The van der Waals surface area contributed by atoms with Gasteiger partial charge in [-0.25, -0.2) is 0 Å². The number of hydrogen-bond acceptors (Lipinski definition) is 2. The van der Waals surface area contributed by atoms with Crippen LogP contribution >= 0.6 is 0 Å². The quantitative estimate of drug-likeness (QED) is 0.690. The molecule has 0 aromatic heterocycles. The number of nitrogens with one attached hydrogen (secondary N) is 1. The average Bonchev–Trinajstić information content (AvgIpc) is 2.03. The van der Waals surface area contributed by atoms with Crippen molar-refractivity contribution in [3.05, 3.63) is 0 Å². The van der Waals surface area contributed by atoms with Crippen molar-refractivity contribution in [1.82, 2.24) is 5.32 Å². The summed E-state index contributed by atoms with van der Waals surface area (Å²) in [6.45, 7) is 10.9. The Bertz CT molecular complexity index is 134. The first-order valence-electron chi connectivity index (χ1n) is 5.22. The molecule has 1 N–H and O–H groups in total. The van der Waals surface area contributed by atoms with Crippen molar-refractivity contribution in [2.45, 2.75) is 65.1 Å². The van der Waals surface area contributed by atoms with Crippen LogP contribution in [0.3, 0.4) is 0 Å². The van der Waals surface area contributed by atoms with Gasteiger partial charge in [-0.2, -0.15) is 0 Å². The molecule has 2 heteroatoms. The van der Waals surface area contributed by atoms with Crippen LogP contribution in [0.25, 0.3) is 0 Å². The molecule has 2 unspecified atom stereocenters. The highest BCUT2D eigenvalue weighted by Gasteiger charge is 2.20. The summed E-state index contributed by atoms with van der Waals surface area (Å²) >= 11 is 0. The molecule has 0 aromatic carbocycles. The van der Waals surface area contributed by atoms with Gasteiger partial charge in [-0.05, 0) is 40.5 Å². The zero-order valence-corrected chi connectivity index (χ0v) is 9.98. The van der Waals surface area contributed by atoms with Gasteiger partial charge in [0.05, 0.1) is 5.60 Å². The second-order valence-electron chi connectivity index (χ2n) is 4.54. The normalized spacial score (nSPS) is 17.1. The van der Waals surface area contributed by atoms with E-state index in [2.05, 4.69) is 39.9 Å². The van der Waals surface area contributed by atoms with E-state index in [4.69, 9.17) is 4.74 Å². The molecule has 0 radical (unpaired) electrons. The summed E-state index contributed by atoms with van der Waals surface area (Å²) in [6, 6.07) is 1.12. The third-order valence-electron chi connectivity index (χ3n) is 2.53. The van der Waals surface area contributed by atoms with Crippen LogP contribution in [0.15, 0.2) is 0 Å². The van der Waals surface area contributed by atoms with E-state index in [-0.39, 0.29) is 5.60 Å². The smallest absolute Gasteiger partial charge is 0.0637 e. The molecule has 2 atom stereocenters. The fourth-order valence-electron chi connectivity index (χ4n) is 1.48. The van der Waals surface area contributed by atoms with Crippen LogP contribution in [0.2, 0.25) is 0 Å². The summed E-state index contributed by atoms with van der Waals surface area (Å²) in [5, 5.41) is 3.54. The first-order valence-corrected chi connectivity index (χ1v) is 5.22. The van der Waals surface area contributed by atoms with Crippen LogP contribution in [-0.4, -0.2) is 24.8 Å². The minimum atomic E-state index is -0.0140. The van der Waals surface area contributed by atoms with Crippen molar-refractivity contribution in [1.29, 1.82) is 0 Å². The van der Waals surface area contributed by atoms with E-state index in [1.165, 1.54) is 6.42 Å². The van der Waals surface area contributed by atoms with Gasteiger partial charge in [0.25, 0.3) is 0 Å². The van der Waals surface area contributed by atoms with Crippen LogP contribution in [-0.2, 0) is 4.74 Å². The van der Waals surface area contributed by atoms with Crippen molar-refractivity contribution in [2.75, 3.05) is 7.11 Å². The highest BCUT2D eigenvalue weighted by molar-refractivity contribution is 4.76. The van der Waals surface area contributed by atoms with Crippen LogP contribution in [0.1, 0.15) is 47.5 Å².